The molecule has 0 unspecified atom stereocenters. The van der Waals surface area contributed by atoms with Gasteiger partial charge in [0.2, 0.25) is 5.78 Å². The average Bonchev–Trinajstić information content (AvgIpc) is 2.37. The van der Waals surface area contributed by atoms with Gasteiger partial charge in [0.05, 0.1) is 5.56 Å². The minimum Gasteiger partial charge on any atom is -0.287 e. The van der Waals surface area contributed by atoms with Gasteiger partial charge >= 0.3 is 6.18 Å². The number of rotatable bonds is 2. The third-order valence-electron chi connectivity index (χ3n) is 2.63. The molecule has 0 atom stereocenters. The molecule has 0 fully saturated rings. The van der Waals surface area contributed by atoms with Gasteiger partial charge in [0, 0.05) is 11.8 Å². The molecule has 0 saturated heterocycles. The molecule has 5 heteroatoms. The molecule has 0 aliphatic rings. The summed E-state index contributed by atoms with van der Waals surface area (Å²) < 4.78 is 38.5. The number of alkyl halides is 3. The molecule has 0 spiro atoms. The number of aromatic nitrogens is 1. The molecule has 0 amide bonds. The number of halogens is 3. The van der Waals surface area contributed by atoms with E-state index in [1.807, 2.05) is 0 Å². The van der Waals surface area contributed by atoms with E-state index in [4.69, 9.17) is 0 Å². The van der Waals surface area contributed by atoms with Crippen LogP contribution in [0.1, 0.15) is 27.2 Å². The number of hydrogen-bond acceptors (Lipinski definition) is 2. The summed E-state index contributed by atoms with van der Waals surface area (Å²) in [5.41, 5.74) is -0.545. The number of hydrogen-bond donors (Lipinski definition) is 0. The molecular formula is C14H10F3NO. The van der Waals surface area contributed by atoms with E-state index < -0.39 is 17.5 Å². The molecule has 19 heavy (non-hydrogen) atoms. The molecule has 0 bridgehead atoms. The highest BCUT2D eigenvalue weighted by Crippen LogP contribution is 2.32. The van der Waals surface area contributed by atoms with Crippen molar-refractivity contribution in [3.63, 3.8) is 0 Å². The van der Waals surface area contributed by atoms with E-state index in [2.05, 4.69) is 4.98 Å². The van der Waals surface area contributed by atoms with Crippen molar-refractivity contribution in [2.45, 2.75) is 13.1 Å². The molecule has 1 aromatic heterocycles. The van der Waals surface area contributed by atoms with Gasteiger partial charge < -0.3 is 0 Å². The first-order valence-electron chi connectivity index (χ1n) is 5.53. The second-order valence-corrected chi connectivity index (χ2v) is 4.09. The summed E-state index contributed by atoms with van der Waals surface area (Å²) in [5, 5.41) is 0. The number of carbonyl (C=O) groups is 1. The number of aryl methyl sites for hydroxylation is 1. The molecule has 2 rings (SSSR count). The third-order valence-corrected chi connectivity index (χ3v) is 2.63. The predicted molar refractivity (Wildman–Crippen MR) is 63.9 cm³/mol. The van der Waals surface area contributed by atoms with Gasteiger partial charge in [0.1, 0.15) is 5.69 Å². The molecule has 0 saturated carbocycles. The summed E-state index contributed by atoms with van der Waals surface area (Å²) in [7, 11) is 0. The fraction of sp³-hybridized carbons (Fsp3) is 0.143. The van der Waals surface area contributed by atoms with E-state index >= 15 is 0 Å². The van der Waals surface area contributed by atoms with Gasteiger partial charge in [-0.25, -0.2) is 0 Å². The molecular weight excluding hydrogens is 255 g/mol. The van der Waals surface area contributed by atoms with Gasteiger partial charge in [0.15, 0.2) is 0 Å². The molecule has 2 nitrogen and oxygen atoms in total. The van der Waals surface area contributed by atoms with E-state index in [9.17, 15) is 18.0 Å². The fourth-order valence-corrected chi connectivity index (χ4v) is 1.73. The van der Waals surface area contributed by atoms with Crippen LogP contribution in [0.5, 0.6) is 0 Å². The smallest absolute Gasteiger partial charge is 0.287 e. The van der Waals surface area contributed by atoms with Crippen LogP contribution in [0.2, 0.25) is 0 Å². The van der Waals surface area contributed by atoms with E-state index in [1.54, 1.807) is 13.0 Å². The van der Waals surface area contributed by atoms with Crippen molar-refractivity contribution < 1.29 is 18.0 Å². The van der Waals surface area contributed by atoms with Gasteiger partial charge in [-0.1, -0.05) is 18.2 Å². The molecule has 0 radical (unpaired) electrons. The van der Waals surface area contributed by atoms with E-state index in [-0.39, 0.29) is 11.3 Å². The Labute approximate surface area is 107 Å². The largest absolute Gasteiger partial charge is 0.417 e. The van der Waals surface area contributed by atoms with E-state index in [1.165, 1.54) is 24.4 Å². The number of benzene rings is 1. The summed E-state index contributed by atoms with van der Waals surface area (Å²) in [6, 6.07) is 7.85. The Morgan fingerprint density at radius 1 is 1.16 bits per heavy atom. The number of pyridine rings is 1. The molecule has 0 N–H and O–H groups in total. The number of nitrogens with zero attached hydrogens (tertiary/aromatic N) is 1. The quantitative estimate of drug-likeness (QED) is 0.776. The van der Waals surface area contributed by atoms with Crippen molar-refractivity contribution in [2.24, 2.45) is 0 Å². The normalized spacial score (nSPS) is 11.4. The summed E-state index contributed by atoms with van der Waals surface area (Å²) in [4.78, 5) is 15.9. The first-order valence-corrected chi connectivity index (χ1v) is 5.53. The van der Waals surface area contributed by atoms with E-state index in [0.717, 1.165) is 17.7 Å². The Morgan fingerprint density at radius 3 is 2.47 bits per heavy atom. The first kappa shape index (κ1) is 13.3. The zero-order valence-corrected chi connectivity index (χ0v) is 10.0. The molecule has 2 aromatic rings. The Morgan fingerprint density at radius 2 is 1.84 bits per heavy atom. The van der Waals surface area contributed by atoms with Crippen LogP contribution >= 0.6 is 0 Å². The Kier molecular flexibility index (Phi) is 3.38. The van der Waals surface area contributed by atoms with Crippen molar-refractivity contribution in [2.75, 3.05) is 0 Å². The Bertz CT molecular complexity index is 620. The van der Waals surface area contributed by atoms with Crippen molar-refractivity contribution >= 4 is 5.78 Å². The fourth-order valence-electron chi connectivity index (χ4n) is 1.73. The zero-order valence-electron chi connectivity index (χ0n) is 10.0. The summed E-state index contributed by atoms with van der Waals surface area (Å²) in [6.45, 7) is 1.74. The van der Waals surface area contributed by atoms with Crippen LogP contribution in [-0.4, -0.2) is 10.8 Å². The summed E-state index contributed by atoms with van der Waals surface area (Å²) in [6.07, 6.45) is -3.16. The minimum absolute atomic E-state index is 0.0108. The molecule has 0 aliphatic carbocycles. The average molecular weight is 265 g/mol. The topological polar surface area (TPSA) is 30.0 Å². The standard InChI is InChI=1S/C14H10F3NO/c1-9-6-7-18-12(8-9)13(19)10-4-2-3-5-11(10)14(15,16)17/h2-8H,1H3. The lowest BCUT2D eigenvalue weighted by atomic mass is 10.0. The van der Waals surface area contributed by atoms with Crippen LogP contribution in [0.3, 0.4) is 0 Å². The maximum absolute atomic E-state index is 12.8. The second-order valence-electron chi connectivity index (χ2n) is 4.09. The lowest BCUT2D eigenvalue weighted by Gasteiger charge is -2.11. The zero-order chi connectivity index (χ0) is 14.0. The lowest BCUT2D eigenvalue weighted by Crippen LogP contribution is -2.14. The summed E-state index contributed by atoms with van der Waals surface area (Å²) in [5.74, 6) is -0.725. The van der Waals surface area contributed by atoms with Gasteiger partial charge in [-0.3, -0.25) is 9.78 Å². The predicted octanol–water partition coefficient (Wildman–Crippen LogP) is 3.64. The number of carbonyl (C=O) groups excluding carboxylic acids is 1. The molecule has 1 heterocycles. The Balaban J connectivity index is 2.51. The molecule has 98 valence electrons. The van der Waals surface area contributed by atoms with Crippen molar-refractivity contribution in [3.8, 4) is 0 Å². The van der Waals surface area contributed by atoms with Gasteiger partial charge in [-0.2, -0.15) is 13.2 Å². The minimum atomic E-state index is -4.56. The summed E-state index contributed by atoms with van der Waals surface area (Å²) >= 11 is 0. The van der Waals surface area contributed by atoms with E-state index in [0.29, 0.717) is 0 Å². The van der Waals surface area contributed by atoms with Crippen LogP contribution in [-0.2, 0) is 6.18 Å². The number of ketones is 1. The molecule has 0 aliphatic heterocycles. The lowest BCUT2D eigenvalue weighted by molar-refractivity contribution is -0.137. The maximum Gasteiger partial charge on any atom is 0.417 e. The van der Waals surface area contributed by atoms with Crippen molar-refractivity contribution in [3.05, 3.63) is 65.0 Å². The highest BCUT2D eigenvalue weighted by atomic mass is 19.4. The third kappa shape index (κ3) is 2.81. The maximum atomic E-state index is 12.8. The van der Waals surface area contributed by atoms with Crippen molar-refractivity contribution in [1.82, 2.24) is 4.98 Å². The first-order chi connectivity index (χ1) is 8.89. The second kappa shape index (κ2) is 4.84. The van der Waals surface area contributed by atoms with Crippen LogP contribution in [0.15, 0.2) is 42.6 Å². The van der Waals surface area contributed by atoms with Crippen LogP contribution in [0.25, 0.3) is 0 Å². The SMILES string of the molecule is Cc1ccnc(C(=O)c2ccccc2C(F)(F)F)c1. The van der Waals surface area contributed by atoms with Crippen molar-refractivity contribution in [1.29, 1.82) is 0 Å². The highest BCUT2D eigenvalue weighted by molar-refractivity contribution is 6.08. The monoisotopic (exact) mass is 265 g/mol. The van der Waals surface area contributed by atoms with Gasteiger partial charge in [-0.15, -0.1) is 0 Å². The van der Waals surface area contributed by atoms with Crippen LogP contribution < -0.4 is 0 Å². The molecule has 1 aromatic carbocycles. The Hall–Kier alpha value is -2.17. The highest BCUT2D eigenvalue weighted by Gasteiger charge is 2.35. The van der Waals surface area contributed by atoms with Gasteiger partial charge in [-0.05, 0) is 30.7 Å². The van der Waals surface area contributed by atoms with Gasteiger partial charge in [0.25, 0.3) is 0 Å². The van der Waals surface area contributed by atoms with Crippen LogP contribution in [0.4, 0.5) is 13.2 Å². The van der Waals surface area contributed by atoms with Crippen LogP contribution in [0, 0.1) is 6.92 Å².